The molecule has 0 bridgehead atoms. The Kier molecular flexibility index (Phi) is 3.69. The van der Waals surface area contributed by atoms with Crippen molar-refractivity contribution in [2.45, 2.75) is 6.54 Å². The Hall–Kier alpha value is -2.96. The number of anilines is 2. The van der Waals surface area contributed by atoms with E-state index in [1.54, 1.807) is 25.2 Å². The fourth-order valence-corrected chi connectivity index (χ4v) is 2.33. The third-order valence-corrected chi connectivity index (χ3v) is 3.53. The van der Waals surface area contributed by atoms with Crippen LogP contribution in [0.25, 0.3) is 0 Å². The van der Waals surface area contributed by atoms with Gasteiger partial charge in [0, 0.05) is 31.0 Å². The van der Waals surface area contributed by atoms with E-state index >= 15 is 0 Å². The first-order valence-corrected chi connectivity index (χ1v) is 6.85. The van der Waals surface area contributed by atoms with Gasteiger partial charge in [0.2, 0.25) is 0 Å². The average Bonchev–Trinajstić information content (AvgIpc) is 2.48. The molecule has 2 aromatic rings. The van der Waals surface area contributed by atoms with Crippen LogP contribution in [0.5, 0.6) is 0 Å². The summed E-state index contributed by atoms with van der Waals surface area (Å²) in [6, 6.07) is 7.53. The number of hydrogen-bond acceptors (Lipinski definition) is 2. The first-order valence-electron chi connectivity index (χ1n) is 6.85. The molecule has 7 heteroatoms. The van der Waals surface area contributed by atoms with Crippen molar-refractivity contribution in [2.24, 2.45) is 0 Å². The predicted molar refractivity (Wildman–Crippen MR) is 81.2 cm³/mol. The minimum atomic E-state index is -0.924. The number of carbonyl (C=O) groups excluding carboxylic acids is 2. The number of hydrogen-bond donors (Lipinski definition) is 2. The Morgan fingerprint density at radius 1 is 1.22 bits per heavy atom. The van der Waals surface area contributed by atoms with Crippen molar-refractivity contribution in [2.75, 3.05) is 17.7 Å². The van der Waals surface area contributed by atoms with Crippen LogP contribution in [0.3, 0.4) is 0 Å². The minimum Gasteiger partial charge on any atom is -0.323 e. The fraction of sp³-hybridized carbons (Fsp3) is 0.125. The number of amides is 3. The first-order chi connectivity index (χ1) is 10.9. The Morgan fingerprint density at radius 2 is 2.00 bits per heavy atom. The first kappa shape index (κ1) is 15.0. The van der Waals surface area contributed by atoms with E-state index in [4.69, 9.17) is 0 Å². The number of urea groups is 1. The molecule has 2 N–H and O–H groups in total. The molecule has 0 saturated carbocycles. The molecule has 0 aliphatic carbocycles. The van der Waals surface area contributed by atoms with Crippen molar-refractivity contribution in [1.82, 2.24) is 4.90 Å². The zero-order valence-electron chi connectivity index (χ0n) is 12.2. The lowest BCUT2D eigenvalue weighted by atomic mass is 10.1. The molecule has 3 rings (SSSR count). The predicted octanol–water partition coefficient (Wildman–Crippen LogP) is 3.19. The summed E-state index contributed by atoms with van der Waals surface area (Å²) in [5, 5.41) is 5.27. The molecular weight excluding hydrogens is 304 g/mol. The van der Waals surface area contributed by atoms with Crippen LogP contribution in [0.2, 0.25) is 0 Å². The normalized spacial score (nSPS) is 13.3. The van der Waals surface area contributed by atoms with Crippen molar-refractivity contribution in [3.05, 3.63) is 59.2 Å². The average molecular weight is 317 g/mol. The lowest BCUT2D eigenvalue weighted by Crippen LogP contribution is -2.35. The summed E-state index contributed by atoms with van der Waals surface area (Å²) < 4.78 is 26.5. The van der Waals surface area contributed by atoms with Gasteiger partial charge in [0.25, 0.3) is 5.91 Å². The van der Waals surface area contributed by atoms with Crippen molar-refractivity contribution >= 4 is 23.3 Å². The van der Waals surface area contributed by atoms with Crippen LogP contribution < -0.4 is 10.6 Å². The molecule has 5 nitrogen and oxygen atoms in total. The van der Waals surface area contributed by atoms with Gasteiger partial charge in [0.05, 0.1) is 5.56 Å². The van der Waals surface area contributed by atoms with Crippen LogP contribution in [-0.2, 0) is 6.54 Å². The van der Waals surface area contributed by atoms with E-state index < -0.39 is 17.5 Å². The molecule has 0 radical (unpaired) electrons. The van der Waals surface area contributed by atoms with Crippen LogP contribution in [0, 0.1) is 11.6 Å². The molecule has 118 valence electrons. The van der Waals surface area contributed by atoms with E-state index in [1.165, 1.54) is 4.90 Å². The number of fused-ring (bicyclic) bond motifs is 1. The van der Waals surface area contributed by atoms with Crippen LogP contribution >= 0.6 is 0 Å². The lowest BCUT2D eigenvalue weighted by Gasteiger charge is -2.26. The SMILES string of the molecule is CN1Cc2cc(NC(=O)c3ccc(F)cc3F)ccc2NC1=O. The van der Waals surface area contributed by atoms with Gasteiger partial charge < -0.3 is 15.5 Å². The molecule has 1 aliphatic rings. The van der Waals surface area contributed by atoms with E-state index in [-0.39, 0.29) is 11.6 Å². The molecule has 0 atom stereocenters. The van der Waals surface area contributed by atoms with Gasteiger partial charge in [-0.3, -0.25) is 4.79 Å². The maximum Gasteiger partial charge on any atom is 0.321 e. The molecule has 0 unspecified atom stereocenters. The Labute approximate surface area is 130 Å². The van der Waals surface area contributed by atoms with Gasteiger partial charge in [-0.15, -0.1) is 0 Å². The maximum absolute atomic E-state index is 13.6. The zero-order chi connectivity index (χ0) is 16.6. The molecule has 23 heavy (non-hydrogen) atoms. The molecular formula is C16H13F2N3O2. The fourth-order valence-electron chi connectivity index (χ4n) is 2.33. The third-order valence-electron chi connectivity index (χ3n) is 3.53. The highest BCUT2D eigenvalue weighted by molar-refractivity contribution is 6.04. The van der Waals surface area contributed by atoms with E-state index in [9.17, 15) is 18.4 Å². The van der Waals surface area contributed by atoms with Crippen LogP contribution in [0.4, 0.5) is 25.0 Å². The van der Waals surface area contributed by atoms with Gasteiger partial charge in [-0.1, -0.05) is 0 Å². The van der Waals surface area contributed by atoms with Crippen molar-refractivity contribution in [3.8, 4) is 0 Å². The molecule has 0 spiro atoms. The topological polar surface area (TPSA) is 61.4 Å². The number of nitrogens with one attached hydrogen (secondary N) is 2. The highest BCUT2D eigenvalue weighted by atomic mass is 19.1. The van der Waals surface area contributed by atoms with Crippen LogP contribution in [-0.4, -0.2) is 23.9 Å². The second kappa shape index (κ2) is 5.68. The number of nitrogens with zero attached hydrogens (tertiary/aromatic N) is 1. The largest absolute Gasteiger partial charge is 0.323 e. The van der Waals surface area contributed by atoms with Crippen LogP contribution in [0.15, 0.2) is 36.4 Å². The van der Waals surface area contributed by atoms with Crippen molar-refractivity contribution in [1.29, 1.82) is 0 Å². The summed E-state index contributed by atoms with van der Waals surface area (Å²) >= 11 is 0. The van der Waals surface area contributed by atoms with Gasteiger partial charge in [0.1, 0.15) is 11.6 Å². The number of benzene rings is 2. The van der Waals surface area contributed by atoms with E-state index in [2.05, 4.69) is 10.6 Å². The summed E-state index contributed by atoms with van der Waals surface area (Å²) in [4.78, 5) is 25.1. The second-order valence-electron chi connectivity index (χ2n) is 5.24. The lowest BCUT2D eigenvalue weighted by molar-refractivity contribution is 0.102. The van der Waals surface area contributed by atoms with Gasteiger partial charge in [-0.25, -0.2) is 13.6 Å². The summed E-state index contributed by atoms with van der Waals surface area (Å²) in [6.45, 7) is 0.399. The summed E-state index contributed by atoms with van der Waals surface area (Å²) in [5.74, 6) is -2.34. The number of rotatable bonds is 2. The highest BCUT2D eigenvalue weighted by Gasteiger charge is 2.20. The monoisotopic (exact) mass is 317 g/mol. The molecule has 3 amide bonds. The van der Waals surface area contributed by atoms with Gasteiger partial charge in [-0.05, 0) is 35.9 Å². The van der Waals surface area contributed by atoms with E-state index in [0.717, 1.165) is 17.7 Å². The Bertz CT molecular complexity index is 808. The van der Waals surface area contributed by atoms with Gasteiger partial charge >= 0.3 is 6.03 Å². The van der Waals surface area contributed by atoms with Gasteiger partial charge in [-0.2, -0.15) is 0 Å². The Balaban J connectivity index is 1.82. The quantitative estimate of drug-likeness (QED) is 0.893. The zero-order valence-corrected chi connectivity index (χ0v) is 12.2. The molecule has 1 heterocycles. The smallest absolute Gasteiger partial charge is 0.321 e. The minimum absolute atomic E-state index is 0.206. The van der Waals surface area contributed by atoms with Crippen molar-refractivity contribution < 1.29 is 18.4 Å². The summed E-state index contributed by atoms with van der Waals surface area (Å²) in [7, 11) is 1.65. The second-order valence-corrected chi connectivity index (χ2v) is 5.24. The van der Waals surface area contributed by atoms with E-state index in [0.29, 0.717) is 24.0 Å². The summed E-state index contributed by atoms with van der Waals surface area (Å²) in [5.41, 5.74) is 1.71. The van der Waals surface area contributed by atoms with Crippen LogP contribution in [0.1, 0.15) is 15.9 Å². The van der Waals surface area contributed by atoms with Gasteiger partial charge in [0.15, 0.2) is 0 Å². The molecule has 2 aromatic carbocycles. The molecule has 1 aliphatic heterocycles. The maximum atomic E-state index is 13.6. The Morgan fingerprint density at radius 3 is 2.74 bits per heavy atom. The number of carbonyl (C=O) groups is 2. The van der Waals surface area contributed by atoms with Crippen molar-refractivity contribution in [3.63, 3.8) is 0 Å². The molecule has 0 saturated heterocycles. The summed E-state index contributed by atoms with van der Waals surface area (Å²) in [6.07, 6.45) is 0. The third kappa shape index (κ3) is 2.98. The molecule has 0 fully saturated rings. The highest BCUT2D eigenvalue weighted by Crippen LogP contribution is 2.26. The van der Waals surface area contributed by atoms with E-state index in [1.807, 2.05) is 0 Å². The number of halogens is 2. The molecule has 0 aromatic heterocycles. The standard InChI is InChI=1S/C16H13F2N3O2/c1-21-8-9-6-11(3-5-14(9)20-16(21)23)19-15(22)12-4-2-10(17)7-13(12)18/h2-7H,8H2,1H3,(H,19,22)(H,20,23).